The molecule has 0 spiro atoms. The topological polar surface area (TPSA) is 12.0 Å². The van der Waals surface area contributed by atoms with Gasteiger partial charge in [-0.2, -0.15) is 0 Å². The van der Waals surface area contributed by atoms with E-state index in [1.807, 2.05) is 0 Å². The predicted octanol–water partition coefficient (Wildman–Crippen LogP) is 2.95. The normalized spacial score (nSPS) is 41.8. The number of piperidine rings is 1. The lowest BCUT2D eigenvalue weighted by Gasteiger charge is -2.36. The smallest absolute Gasteiger partial charge is 0.00954 e. The molecule has 0 bridgehead atoms. The van der Waals surface area contributed by atoms with Crippen LogP contribution in [-0.2, 0) is 0 Å². The van der Waals surface area contributed by atoms with Crippen LogP contribution in [0.15, 0.2) is 0 Å². The summed E-state index contributed by atoms with van der Waals surface area (Å²) in [4.78, 5) is 0. The fraction of sp³-hybridized carbons (Fsp3) is 1.00. The summed E-state index contributed by atoms with van der Waals surface area (Å²) in [5.74, 6) is 1.99. The molecular formula is C12H23N. The highest BCUT2D eigenvalue weighted by Crippen LogP contribution is 2.33. The Hall–Kier alpha value is -0.0400. The van der Waals surface area contributed by atoms with E-state index in [2.05, 4.69) is 12.2 Å². The van der Waals surface area contributed by atoms with Gasteiger partial charge in [-0.15, -0.1) is 0 Å². The van der Waals surface area contributed by atoms with E-state index < -0.39 is 0 Å². The van der Waals surface area contributed by atoms with Crippen molar-refractivity contribution in [2.75, 3.05) is 6.54 Å². The van der Waals surface area contributed by atoms with Gasteiger partial charge in [0.05, 0.1) is 0 Å². The van der Waals surface area contributed by atoms with Crippen LogP contribution in [-0.4, -0.2) is 12.6 Å². The van der Waals surface area contributed by atoms with Crippen LogP contribution in [0.2, 0.25) is 0 Å². The van der Waals surface area contributed by atoms with Crippen molar-refractivity contribution in [2.45, 2.75) is 57.9 Å². The van der Waals surface area contributed by atoms with Crippen molar-refractivity contribution in [1.82, 2.24) is 5.32 Å². The molecule has 0 radical (unpaired) electrons. The summed E-state index contributed by atoms with van der Waals surface area (Å²) in [6.45, 7) is 3.70. The molecule has 2 aliphatic rings. The second-order valence-electron chi connectivity index (χ2n) is 5.09. The van der Waals surface area contributed by atoms with Crippen LogP contribution in [0.4, 0.5) is 0 Å². The van der Waals surface area contributed by atoms with Gasteiger partial charge in [-0.05, 0) is 44.1 Å². The van der Waals surface area contributed by atoms with E-state index in [1.54, 1.807) is 0 Å². The van der Waals surface area contributed by atoms with Crippen LogP contribution < -0.4 is 5.32 Å². The molecular weight excluding hydrogens is 158 g/mol. The zero-order valence-electron chi connectivity index (χ0n) is 8.89. The van der Waals surface area contributed by atoms with E-state index in [0.29, 0.717) is 0 Å². The molecule has 1 aliphatic heterocycles. The summed E-state index contributed by atoms with van der Waals surface area (Å²) in [5, 5.41) is 3.71. The number of rotatable bonds is 1. The van der Waals surface area contributed by atoms with E-state index in [-0.39, 0.29) is 0 Å². The third-order valence-electron chi connectivity index (χ3n) is 3.89. The maximum absolute atomic E-state index is 3.71. The fourth-order valence-corrected chi connectivity index (χ4v) is 3.13. The molecule has 1 saturated heterocycles. The molecule has 76 valence electrons. The summed E-state index contributed by atoms with van der Waals surface area (Å²) < 4.78 is 0. The SMILES string of the molecule is CC1CCCC(C2CCCCN2)C1. The van der Waals surface area contributed by atoms with Crippen LogP contribution >= 0.6 is 0 Å². The first-order valence-corrected chi connectivity index (χ1v) is 6.09. The van der Waals surface area contributed by atoms with Gasteiger partial charge in [0.25, 0.3) is 0 Å². The van der Waals surface area contributed by atoms with Crippen LogP contribution in [0.5, 0.6) is 0 Å². The minimum absolute atomic E-state index is 0.872. The van der Waals surface area contributed by atoms with E-state index in [1.165, 1.54) is 51.5 Å². The van der Waals surface area contributed by atoms with Gasteiger partial charge < -0.3 is 5.32 Å². The maximum Gasteiger partial charge on any atom is 0.00954 e. The minimum Gasteiger partial charge on any atom is -0.314 e. The molecule has 3 unspecified atom stereocenters. The Kier molecular flexibility index (Phi) is 3.26. The van der Waals surface area contributed by atoms with Gasteiger partial charge >= 0.3 is 0 Å². The Labute approximate surface area is 82.3 Å². The number of hydrogen-bond donors (Lipinski definition) is 1. The predicted molar refractivity (Wildman–Crippen MR) is 56.8 cm³/mol. The molecule has 1 saturated carbocycles. The second kappa shape index (κ2) is 4.45. The Balaban J connectivity index is 1.83. The molecule has 1 aliphatic carbocycles. The second-order valence-corrected chi connectivity index (χ2v) is 5.09. The van der Waals surface area contributed by atoms with Crippen molar-refractivity contribution in [2.24, 2.45) is 11.8 Å². The number of nitrogens with one attached hydrogen (secondary N) is 1. The first-order valence-electron chi connectivity index (χ1n) is 6.09. The van der Waals surface area contributed by atoms with Crippen LogP contribution in [0.3, 0.4) is 0 Å². The average Bonchev–Trinajstić information content (AvgIpc) is 2.19. The van der Waals surface area contributed by atoms with E-state index in [9.17, 15) is 0 Å². The van der Waals surface area contributed by atoms with Crippen LogP contribution in [0.1, 0.15) is 51.9 Å². The molecule has 1 heteroatoms. The fourth-order valence-electron chi connectivity index (χ4n) is 3.13. The van der Waals surface area contributed by atoms with Crippen molar-refractivity contribution < 1.29 is 0 Å². The zero-order valence-corrected chi connectivity index (χ0v) is 8.89. The van der Waals surface area contributed by atoms with E-state index >= 15 is 0 Å². The minimum atomic E-state index is 0.872. The maximum atomic E-state index is 3.71. The quantitative estimate of drug-likeness (QED) is 0.656. The molecule has 1 nitrogen and oxygen atoms in total. The van der Waals surface area contributed by atoms with Crippen molar-refractivity contribution >= 4 is 0 Å². The van der Waals surface area contributed by atoms with E-state index in [4.69, 9.17) is 0 Å². The molecule has 0 aromatic carbocycles. The summed E-state index contributed by atoms with van der Waals surface area (Å²) in [6.07, 6.45) is 10.2. The van der Waals surface area contributed by atoms with Gasteiger partial charge in [-0.25, -0.2) is 0 Å². The highest BCUT2D eigenvalue weighted by Gasteiger charge is 2.27. The lowest BCUT2D eigenvalue weighted by Crippen LogP contribution is -2.41. The molecule has 0 aromatic heterocycles. The Morgan fingerprint density at radius 3 is 2.62 bits per heavy atom. The lowest BCUT2D eigenvalue weighted by molar-refractivity contribution is 0.199. The summed E-state index contributed by atoms with van der Waals surface area (Å²) in [7, 11) is 0. The average molecular weight is 181 g/mol. The van der Waals surface area contributed by atoms with Gasteiger partial charge in [-0.3, -0.25) is 0 Å². The molecule has 3 atom stereocenters. The first-order chi connectivity index (χ1) is 6.36. The highest BCUT2D eigenvalue weighted by atomic mass is 14.9. The Bertz CT molecular complexity index is 149. The lowest BCUT2D eigenvalue weighted by atomic mass is 9.76. The molecule has 2 fully saturated rings. The third-order valence-corrected chi connectivity index (χ3v) is 3.89. The molecule has 1 N–H and O–H groups in total. The van der Waals surface area contributed by atoms with Gasteiger partial charge in [0, 0.05) is 6.04 Å². The van der Waals surface area contributed by atoms with Crippen molar-refractivity contribution in [3.63, 3.8) is 0 Å². The Morgan fingerprint density at radius 1 is 1.00 bits per heavy atom. The highest BCUT2D eigenvalue weighted by molar-refractivity contribution is 4.83. The van der Waals surface area contributed by atoms with Crippen LogP contribution in [0, 0.1) is 11.8 Å². The van der Waals surface area contributed by atoms with Crippen molar-refractivity contribution in [3.05, 3.63) is 0 Å². The van der Waals surface area contributed by atoms with Crippen molar-refractivity contribution in [3.8, 4) is 0 Å². The van der Waals surface area contributed by atoms with Gasteiger partial charge in [0.2, 0.25) is 0 Å². The van der Waals surface area contributed by atoms with Gasteiger partial charge in [-0.1, -0.05) is 26.2 Å². The zero-order chi connectivity index (χ0) is 9.10. The number of hydrogen-bond acceptors (Lipinski definition) is 1. The van der Waals surface area contributed by atoms with Gasteiger partial charge in [0.15, 0.2) is 0 Å². The summed E-state index contributed by atoms with van der Waals surface area (Å²) in [6, 6.07) is 0.872. The largest absolute Gasteiger partial charge is 0.314 e. The summed E-state index contributed by atoms with van der Waals surface area (Å²) in [5.41, 5.74) is 0. The Morgan fingerprint density at radius 2 is 1.92 bits per heavy atom. The standard InChI is InChI=1S/C12H23N/c1-10-5-4-6-11(9-10)12-7-2-3-8-13-12/h10-13H,2-9H2,1H3. The van der Waals surface area contributed by atoms with Crippen molar-refractivity contribution in [1.29, 1.82) is 0 Å². The van der Waals surface area contributed by atoms with Crippen LogP contribution in [0.25, 0.3) is 0 Å². The summed E-state index contributed by atoms with van der Waals surface area (Å²) >= 11 is 0. The van der Waals surface area contributed by atoms with E-state index in [0.717, 1.165) is 17.9 Å². The first kappa shape index (κ1) is 9.51. The molecule has 13 heavy (non-hydrogen) atoms. The third kappa shape index (κ3) is 2.46. The molecule has 2 rings (SSSR count). The monoisotopic (exact) mass is 181 g/mol. The van der Waals surface area contributed by atoms with Gasteiger partial charge in [0.1, 0.15) is 0 Å². The molecule has 1 heterocycles. The molecule has 0 aromatic rings. The molecule has 0 amide bonds.